The highest BCUT2D eigenvalue weighted by molar-refractivity contribution is 5.31. The summed E-state index contributed by atoms with van der Waals surface area (Å²) in [7, 11) is 1.63. The molecule has 1 aromatic carbocycles. The van der Waals surface area contributed by atoms with E-state index in [0.717, 1.165) is 24.3 Å². The molecule has 1 N–H and O–H groups in total. The van der Waals surface area contributed by atoms with Crippen molar-refractivity contribution in [1.29, 1.82) is 0 Å². The van der Waals surface area contributed by atoms with E-state index in [2.05, 4.69) is 6.58 Å². The summed E-state index contributed by atoms with van der Waals surface area (Å²) < 4.78 is 11.0. The summed E-state index contributed by atoms with van der Waals surface area (Å²) in [6, 6.07) is 7.40. The van der Waals surface area contributed by atoms with Gasteiger partial charge in [0.05, 0.1) is 13.2 Å². The van der Waals surface area contributed by atoms with Gasteiger partial charge in [-0.25, -0.2) is 0 Å². The summed E-state index contributed by atoms with van der Waals surface area (Å²) in [5.41, 5.74) is 0. The van der Waals surface area contributed by atoms with Crippen LogP contribution < -0.4 is 9.47 Å². The lowest BCUT2D eigenvalue weighted by Gasteiger charge is -2.31. The molecule has 2 atom stereocenters. The van der Waals surface area contributed by atoms with Crippen LogP contribution in [0.2, 0.25) is 0 Å². The van der Waals surface area contributed by atoms with Crippen LogP contribution in [-0.4, -0.2) is 24.4 Å². The second-order valence-corrected chi connectivity index (χ2v) is 5.38. The Morgan fingerprint density at radius 1 is 1.15 bits per heavy atom. The van der Waals surface area contributed by atoms with E-state index >= 15 is 0 Å². The Morgan fingerprint density at radius 3 is 2.30 bits per heavy atom. The maximum atomic E-state index is 10.5. The number of hydrogen-bond donors (Lipinski definition) is 1. The fourth-order valence-electron chi connectivity index (χ4n) is 2.81. The number of ether oxygens (including phenoxy) is 2. The van der Waals surface area contributed by atoms with Gasteiger partial charge in [-0.05, 0) is 49.1 Å². The molecule has 1 fully saturated rings. The Bertz CT molecular complexity index is 407. The monoisotopic (exact) mass is 276 g/mol. The third-order valence-electron chi connectivity index (χ3n) is 4.03. The van der Waals surface area contributed by atoms with Gasteiger partial charge in [0, 0.05) is 0 Å². The van der Waals surface area contributed by atoms with Gasteiger partial charge < -0.3 is 14.6 Å². The van der Waals surface area contributed by atoms with Gasteiger partial charge >= 0.3 is 0 Å². The minimum Gasteiger partial charge on any atom is -0.497 e. The normalized spacial score (nSPS) is 19.1. The fraction of sp³-hybridized carbons (Fsp3) is 0.529. The van der Waals surface area contributed by atoms with Crippen molar-refractivity contribution in [2.24, 2.45) is 5.92 Å². The van der Waals surface area contributed by atoms with Crippen molar-refractivity contribution in [2.75, 3.05) is 7.11 Å². The first-order chi connectivity index (χ1) is 9.74. The second kappa shape index (κ2) is 7.34. The first-order valence-corrected chi connectivity index (χ1v) is 7.36. The van der Waals surface area contributed by atoms with Crippen LogP contribution in [0.25, 0.3) is 0 Å². The van der Waals surface area contributed by atoms with Crippen LogP contribution in [0.4, 0.5) is 0 Å². The van der Waals surface area contributed by atoms with Crippen LogP contribution >= 0.6 is 0 Å². The summed E-state index contributed by atoms with van der Waals surface area (Å²) >= 11 is 0. The molecule has 0 heterocycles. The molecule has 0 saturated heterocycles. The van der Waals surface area contributed by atoms with E-state index in [9.17, 15) is 5.11 Å². The standard InChI is InChI=1S/C17H24O3/c1-3-16(17(18)13-7-5-4-6-8-13)20-15-11-9-14(19-2)10-12-15/h3,9-13,16-18H,1,4-8H2,2H3/t16-,17+/m0/s1. The van der Waals surface area contributed by atoms with Crippen molar-refractivity contribution in [1.82, 2.24) is 0 Å². The van der Waals surface area contributed by atoms with Crippen LogP contribution in [-0.2, 0) is 0 Å². The van der Waals surface area contributed by atoms with E-state index in [0.29, 0.717) is 5.92 Å². The van der Waals surface area contributed by atoms with E-state index in [1.807, 2.05) is 24.3 Å². The summed E-state index contributed by atoms with van der Waals surface area (Å²) in [4.78, 5) is 0. The molecule has 0 aliphatic heterocycles. The van der Waals surface area contributed by atoms with E-state index in [1.165, 1.54) is 19.3 Å². The van der Waals surface area contributed by atoms with Crippen LogP contribution in [0.15, 0.2) is 36.9 Å². The molecule has 1 aromatic rings. The number of methoxy groups -OCH3 is 1. The first kappa shape index (κ1) is 14.9. The molecule has 3 heteroatoms. The lowest BCUT2D eigenvalue weighted by Crippen LogP contribution is -2.37. The molecule has 110 valence electrons. The van der Waals surface area contributed by atoms with E-state index in [1.54, 1.807) is 13.2 Å². The molecule has 3 nitrogen and oxygen atoms in total. The molecule has 0 unspecified atom stereocenters. The van der Waals surface area contributed by atoms with Gasteiger partial charge in [0.1, 0.15) is 17.6 Å². The smallest absolute Gasteiger partial charge is 0.143 e. The molecule has 0 radical (unpaired) electrons. The highest BCUT2D eigenvalue weighted by Crippen LogP contribution is 2.29. The number of rotatable bonds is 6. The molecule has 0 bridgehead atoms. The maximum Gasteiger partial charge on any atom is 0.143 e. The maximum absolute atomic E-state index is 10.5. The third-order valence-corrected chi connectivity index (χ3v) is 4.03. The quantitative estimate of drug-likeness (QED) is 0.807. The lowest BCUT2D eigenvalue weighted by molar-refractivity contribution is 0.00793. The number of aliphatic hydroxyl groups is 1. The van der Waals surface area contributed by atoms with Gasteiger partial charge in [0.15, 0.2) is 0 Å². The van der Waals surface area contributed by atoms with Crippen molar-refractivity contribution in [3.63, 3.8) is 0 Å². The summed E-state index contributed by atoms with van der Waals surface area (Å²) in [6.45, 7) is 3.80. The third kappa shape index (κ3) is 3.76. The molecular formula is C17H24O3. The molecular weight excluding hydrogens is 252 g/mol. The zero-order chi connectivity index (χ0) is 14.4. The Kier molecular flexibility index (Phi) is 5.48. The Hall–Kier alpha value is -1.48. The van der Waals surface area contributed by atoms with Crippen molar-refractivity contribution in [2.45, 2.75) is 44.3 Å². The van der Waals surface area contributed by atoms with Crippen LogP contribution in [0.5, 0.6) is 11.5 Å². The van der Waals surface area contributed by atoms with Gasteiger partial charge in [-0.15, -0.1) is 0 Å². The number of hydrogen-bond acceptors (Lipinski definition) is 3. The van der Waals surface area contributed by atoms with Crippen molar-refractivity contribution in [3.8, 4) is 11.5 Å². The lowest BCUT2D eigenvalue weighted by atomic mass is 9.83. The average Bonchev–Trinajstić information content (AvgIpc) is 2.53. The van der Waals surface area contributed by atoms with Crippen molar-refractivity contribution < 1.29 is 14.6 Å². The number of aliphatic hydroxyl groups excluding tert-OH is 1. The van der Waals surface area contributed by atoms with E-state index in [-0.39, 0.29) is 6.10 Å². The van der Waals surface area contributed by atoms with Crippen molar-refractivity contribution >= 4 is 0 Å². The molecule has 1 saturated carbocycles. The number of benzene rings is 1. The minimum absolute atomic E-state index is 0.324. The Balaban J connectivity index is 1.97. The zero-order valence-electron chi connectivity index (χ0n) is 12.1. The largest absolute Gasteiger partial charge is 0.497 e. The average molecular weight is 276 g/mol. The van der Waals surface area contributed by atoms with Crippen molar-refractivity contribution in [3.05, 3.63) is 36.9 Å². The predicted octanol–water partition coefficient (Wildman–Crippen LogP) is 3.57. The predicted molar refractivity (Wildman–Crippen MR) is 80.2 cm³/mol. The highest BCUT2D eigenvalue weighted by Gasteiger charge is 2.28. The molecule has 0 aromatic heterocycles. The van der Waals surface area contributed by atoms with Gasteiger partial charge in [-0.1, -0.05) is 25.8 Å². The summed E-state index contributed by atoms with van der Waals surface area (Å²) in [5, 5.41) is 10.5. The van der Waals surface area contributed by atoms with Crippen LogP contribution in [0.3, 0.4) is 0 Å². The zero-order valence-corrected chi connectivity index (χ0v) is 12.1. The first-order valence-electron chi connectivity index (χ1n) is 7.36. The molecule has 0 spiro atoms. The van der Waals surface area contributed by atoms with E-state index < -0.39 is 6.10 Å². The van der Waals surface area contributed by atoms with Gasteiger partial charge in [-0.3, -0.25) is 0 Å². The molecule has 20 heavy (non-hydrogen) atoms. The highest BCUT2D eigenvalue weighted by atomic mass is 16.5. The second-order valence-electron chi connectivity index (χ2n) is 5.38. The summed E-state index contributed by atoms with van der Waals surface area (Å²) in [5.74, 6) is 1.84. The minimum atomic E-state index is -0.477. The SMILES string of the molecule is C=C[C@H](Oc1ccc(OC)cc1)[C@H](O)C1CCCCC1. The van der Waals surface area contributed by atoms with Gasteiger partial charge in [0.25, 0.3) is 0 Å². The molecule has 2 rings (SSSR count). The van der Waals surface area contributed by atoms with E-state index in [4.69, 9.17) is 9.47 Å². The topological polar surface area (TPSA) is 38.7 Å². The molecule has 1 aliphatic rings. The van der Waals surface area contributed by atoms with Gasteiger partial charge in [-0.2, -0.15) is 0 Å². The van der Waals surface area contributed by atoms with Crippen LogP contribution in [0.1, 0.15) is 32.1 Å². The Labute approximate surface area is 121 Å². The molecule has 1 aliphatic carbocycles. The fourth-order valence-corrected chi connectivity index (χ4v) is 2.81. The molecule has 0 amide bonds. The Morgan fingerprint density at radius 2 is 1.75 bits per heavy atom. The van der Waals surface area contributed by atoms with Gasteiger partial charge in [0.2, 0.25) is 0 Å². The van der Waals surface area contributed by atoms with Crippen LogP contribution in [0, 0.1) is 5.92 Å². The summed E-state index contributed by atoms with van der Waals surface area (Å²) in [6.07, 6.45) is 6.71.